The van der Waals surface area contributed by atoms with Gasteiger partial charge in [0.25, 0.3) is 5.91 Å². The Morgan fingerprint density at radius 2 is 1.76 bits per heavy atom. The van der Waals surface area contributed by atoms with Crippen molar-refractivity contribution in [2.45, 2.75) is 51.4 Å². The fourth-order valence-electron chi connectivity index (χ4n) is 5.24. The van der Waals surface area contributed by atoms with E-state index in [2.05, 4.69) is 36.1 Å². The van der Waals surface area contributed by atoms with Crippen LogP contribution in [-0.2, 0) is 11.2 Å². The molecule has 3 aliphatic rings. The number of carbonyl (C=O) groups excluding carboxylic acids is 1. The summed E-state index contributed by atoms with van der Waals surface area (Å²) in [4.78, 5) is 15.8. The number of morpholine rings is 1. The lowest BCUT2D eigenvalue weighted by atomic mass is 9.81. The molecule has 1 saturated carbocycles. The maximum Gasteiger partial charge on any atom is 0.294 e. The molecule has 0 unspecified atom stereocenters. The van der Waals surface area contributed by atoms with Crippen molar-refractivity contribution >= 4 is 5.91 Å². The standard InChI is InChI=1S/C24H29N3O2/c1-17-16-20-21(18-8-4-2-5-9-18)22(19-10-6-3-7-11-19)25-27(20)24(28)23(17)26-12-14-29-15-13-26/h3,6-7,10-11,18H,2,4-5,8-9,12-16H2,1H3. The fraction of sp³-hybridized carbons (Fsp3) is 0.500. The van der Waals surface area contributed by atoms with E-state index >= 15 is 0 Å². The average Bonchev–Trinajstić information content (AvgIpc) is 3.15. The summed E-state index contributed by atoms with van der Waals surface area (Å²) >= 11 is 0. The summed E-state index contributed by atoms with van der Waals surface area (Å²) in [6, 6.07) is 10.4. The Balaban J connectivity index is 1.60. The zero-order chi connectivity index (χ0) is 19.8. The molecule has 152 valence electrons. The van der Waals surface area contributed by atoms with Crippen LogP contribution in [0.2, 0.25) is 0 Å². The molecule has 1 aromatic carbocycles. The molecule has 5 rings (SSSR count). The maximum absolute atomic E-state index is 13.6. The van der Waals surface area contributed by atoms with Gasteiger partial charge in [-0.2, -0.15) is 9.78 Å². The molecule has 5 heteroatoms. The van der Waals surface area contributed by atoms with Crippen LogP contribution in [0.1, 0.15) is 61.0 Å². The van der Waals surface area contributed by atoms with E-state index in [0.29, 0.717) is 19.1 Å². The molecule has 0 bridgehead atoms. The van der Waals surface area contributed by atoms with Gasteiger partial charge in [0.15, 0.2) is 0 Å². The summed E-state index contributed by atoms with van der Waals surface area (Å²) < 4.78 is 7.22. The van der Waals surface area contributed by atoms with Crippen LogP contribution in [0.25, 0.3) is 11.3 Å². The third-order valence-corrected chi connectivity index (χ3v) is 6.64. The first-order valence-corrected chi connectivity index (χ1v) is 11.0. The van der Waals surface area contributed by atoms with Crippen LogP contribution in [0.4, 0.5) is 0 Å². The lowest BCUT2D eigenvalue weighted by molar-refractivity contribution is 0.0475. The molecular formula is C24H29N3O2. The highest BCUT2D eigenvalue weighted by atomic mass is 16.5. The lowest BCUT2D eigenvalue weighted by Crippen LogP contribution is -2.42. The molecular weight excluding hydrogens is 362 g/mol. The third-order valence-electron chi connectivity index (χ3n) is 6.64. The monoisotopic (exact) mass is 391 g/mol. The van der Waals surface area contributed by atoms with Crippen LogP contribution in [0.5, 0.6) is 0 Å². The second-order valence-electron chi connectivity index (χ2n) is 8.53. The minimum absolute atomic E-state index is 0.0323. The van der Waals surface area contributed by atoms with Gasteiger partial charge in [-0.3, -0.25) is 4.79 Å². The van der Waals surface area contributed by atoms with Gasteiger partial charge in [0.05, 0.1) is 24.6 Å². The van der Waals surface area contributed by atoms with E-state index in [9.17, 15) is 4.79 Å². The molecule has 3 heterocycles. The van der Waals surface area contributed by atoms with Gasteiger partial charge in [-0.1, -0.05) is 49.6 Å². The molecule has 1 aromatic heterocycles. The Bertz CT molecular complexity index is 933. The van der Waals surface area contributed by atoms with Crippen molar-refractivity contribution in [3.63, 3.8) is 0 Å². The van der Waals surface area contributed by atoms with Crippen LogP contribution < -0.4 is 0 Å². The predicted molar refractivity (Wildman–Crippen MR) is 113 cm³/mol. The number of allylic oxidation sites excluding steroid dienone is 2. The number of nitrogens with zero attached hydrogens (tertiary/aromatic N) is 3. The minimum Gasteiger partial charge on any atom is -0.378 e. The van der Waals surface area contributed by atoms with Gasteiger partial charge in [0, 0.05) is 30.6 Å². The van der Waals surface area contributed by atoms with Crippen molar-refractivity contribution in [1.82, 2.24) is 14.7 Å². The van der Waals surface area contributed by atoms with E-state index in [1.807, 2.05) is 6.07 Å². The number of hydrogen-bond donors (Lipinski definition) is 0. The molecule has 0 spiro atoms. The zero-order valence-electron chi connectivity index (χ0n) is 17.2. The van der Waals surface area contributed by atoms with E-state index < -0.39 is 0 Å². The molecule has 2 aromatic rings. The van der Waals surface area contributed by atoms with Crippen molar-refractivity contribution in [1.29, 1.82) is 0 Å². The number of fused-ring (bicyclic) bond motifs is 1. The van der Waals surface area contributed by atoms with Crippen LogP contribution in [-0.4, -0.2) is 46.9 Å². The van der Waals surface area contributed by atoms with Gasteiger partial charge >= 0.3 is 0 Å². The summed E-state index contributed by atoms with van der Waals surface area (Å²) in [5, 5.41) is 4.93. The van der Waals surface area contributed by atoms with Gasteiger partial charge in [0.1, 0.15) is 5.70 Å². The fourth-order valence-corrected chi connectivity index (χ4v) is 5.24. The second kappa shape index (κ2) is 7.79. The highest BCUT2D eigenvalue weighted by Crippen LogP contribution is 2.42. The highest BCUT2D eigenvalue weighted by Gasteiger charge is 2.35. The molecule has 0 N–H and O–H groups in total. The first-order valence-electron chi connectivity index (χ1n) is 11.0. The molecule has 2 fully saturated rings. The Hall–Kier alpha value is -2.40. The second-order valence-corrected chi connectivity index (χ2v) is 8.53. The van der Waals surface area contributed by atoms with Gasteiger partial charge in [-0.05, 0) is 31.3 Å². The number of hydrogen-bond acceptors (Lipinski definition) is 4. The molecule has 0 radical (unpaired) electrons. The van der Waals surface area contributed by atoms with Crippen molar-refractivity contribution in [2.24, 2.45) is 0 Å². The summed E-state index contributed by atoms with van der Waals surface area (Å²) in [5.74, 6) is 0.540. The van der Waals surface area contributed by atoms with E-state index in [4.69, 9.17) is 9.84 Å². The Kier molecular flexibility index (Phi) is 5.00. The molecule has 1 aliphatic carbocycles. The van der Waals surface area contributed by atoms with Gasteiger partial charge in [-0.15, -0.1) is 0 Å². The van der Waals surface area contributed by atoms with E-state index in [0.717, 1.165) is 42.2 Å². The number of carbonyl (C=O) groups is 1. The predicted octanol–water partition coefficient (Wildman–Crippen LogP) is 4.40. The molecule has 5 nitrogen and oxygen atoms in total. The first kappa shape index (κ1) is 18.6. The molecule has 1 saturated heterocycles. The van der Waals surface area contributed by atoms with Crippen LogP contribution in [0.3, 0.4) is 0 Å². The van der Waals surface area contributed by atoms with E-state index in [1.54, 1.807) is 4.68 Å². The summed E-state index contributed by atoms with van der Waals surface area (Å²) in [6.07, 6.45) is 7.07. The topological polar surface area (TPSA) is 47.4 Å². The average molecular weight is 392 g/mol. The van der Waals surface area contributed by atoms with Crippen molar-refractivity contribution < 1.29 is 9.53 Å². The molecule has 0 amide bonds. The Morgan fingerprint density at radius 3 is 2.48 bits per heavy atom. The number of aromatic nitrogens is 2. The largest absolute Gasteiger partial charge is 0.378 e. The molecule has 0 atom stereocenters. The summed E-state index contributed by atoms with van der Waals surface area (Å²) in [7, 11) is 0. The smallest absolute Gasteiger partial charge is 0.294 e. The normalized spacial score (nSPS) is 20.9. The third kappa shape index (κ3) is 3.31. The lowest BCUT2D eigenvalue weighted by Gasteiger charge is -2.33. The minimum atomic E-state index is 0.0323. The maximum atomic E-state index is 13.6. The first-order chi connectivity index (χ1) is 14.2. The van der Waals surface area contributed by atoms with Crippen LogP contribution in [0.15, 0.2) is 41.6 Å². The van der Waals surface area contributed by atoms with Crippen molar-refractivity contribution in [3.8, 4) is 11.3 Å². The van der Waals surface area contributed by atoms with Crippen LogP contribution in [0, 0.1) is 0 Å². The van der Waals surface area contributed by atoms with Crippen molar-refractivity contribution in [3.05, 3.63) is 52.9 Å². The van der Waals surface area contributed by atoms with Crippen LogP contribution >= 0.6 is 0 Å². The summed E-state index contributed by atoms with van der Waals surface area (Å²) in [6.45, 7) is 5.02. The van der Waals surface area contributed by atoms with Gasteiger partial charge < -0.3 is 9.64 Å². The van der Waals surface area contributed by atoms with Gasteiger partial charge in [0.2, 0.25) is 0 Å². The highest BCUT2D eigenvalue weighted by molar-refractivity contribution is 5.97. The summed E-state index contributed by atoms with van der Waals surface area (Å²) in [5.41, 5.74) is 6.57. The quantitative estimate of drug-likeness (QED) is 0.778. The molecule has 2 aliphatic heterocycles. The van der Waals surface area contributed by atoms with E-state index in [1.165, 1.54) is 43.2 Å². The van der Waals surface area contributed by atoms with Crippen molar-refractivity contribution in [2.75, 3.05) is 26.3 Å². The number of ether oxygens (including phenoxy) is 1. The zero-order valence-corrected chi connectivity index (χ0v) is 17.2. The number of benzene rings is 1. The van der Waals surface area contributed by atoms with Gasteiger partial charge in [-0.25, -0.2) is 0 Å². The Labute approximate surface area is 172 Å². The Morgan fingerprint density at radius 1 is 1.03 bits per heavy atom. The van der Waals surface area contributed by atoms with E-state index in [-0.39, 0.29) is 5.91 Å². The molecule has 29 heavy (non-hydrogen) atoms. The SMILES string of the molecule is CC1=C(N2CCOCC2)C(=O)n2nc(-c3ccccc3)c(C3CCCCC3)c2C1. The number of rotatable bonds is 3.